The molecule has 2 rings (SSSR count). The van der Waals surface area contributed by atoms with Crippen LogP contribution in [0.25, 0.3) is 0 Å². The molecular formula is C13H11BrClN3O. The molecule has 2 aromatic rings. The van der Waals surface area contributed by atoms with Crippen molar-refractivity contribution in [2.45, 2.75) is 13.8 Å². The third kappa shape index (κ3) is 3.30. The van der Waals surface area contributed by atoms with Crippen LogP contribution in [0.5, 0.6) is 0 Å². The first-order valence-corrected chi connectivity index (χ1v) is 6.72. The summed E-state index contributed by atoms with van der Waals surface area (Å²) >= 11 is 9.07. The summed E-state index contributed by atoms with van der Waals surface area (Å²) in [6, 6.07) is 6.99. The molecule has 0 unspecified atom stereocenters. The third-order valence-electron chi connectivity index (χ3n) is 2.53. The van der Waals surface area contributed by atoms with E-state index in [0.717, 1.165) is 21.3 Å². The van der Waals surface area contributed by atoms with E-state index in [4.69, 9.17) is 11.6 Å². The SMILES string of the molecule is Cc1cc(C)c(NC(=O)c2ccc(Cl)nn2)c(Br)c1. The lowest BCUT2D eigenvalue weighted by Gasteiger charge is -2.11. The Morgan fingerprint density at radius 1 is 1.26 bits per heavy atom. The molecule has 0 bridgehead atoms. The second-order valence-electron chi connectivity index (χ2n) is 4.13. The highest BCUT2D eigenvalue weighted by molar-refractivity contribution is 9.10. The minimum Gasteiger partial charge on any atom is -0.319 e. The molecule has 1 aromatic heterocycles. The fourth-order valence-electron chi connectivity index (χ4n) is 1.69. The Balaban J connectivity index is 2.26. The topological polar surface area (TPSA) is 54.9 Å². The summed E-state index contributed by atoms with van der Waals surface area (Å²) in [6.07, 6.45) is 0. The summed E-state index contributed by atoms with van der Waals surface area (Å²) in [4.78, 5) is 12.0. The van der Waals surface area contributed by atoms with E-state index >= 15 is 0 Å². The molecule has 0 aliphatic carbocycles. The number of carbonyl (C=O) groups excluding carboxylic acids is 1. The van der Waals surface area contributed by atoms with Crippen molar-refractivity contribution in [1.82, 2.24) is 10.2 Å². The zero-order valence-corrected chi connectivity index (χ0v) is 12.7. The minimum atomic E-state index is -0.322. The van der Waals surface area contributed by atoms with E-state index < -0.39 is 0 Å². The number of hydrogen-bond donors (Lipinski definition) is 1. The van der Waals surface area contributed by atoms with E-state index in [0.29, 0.717) is 0 Å². The van der Waals surface area contributed by atoms with E-state index in [1.54, 1.807) is 0 Å². The lowest BCUT2D eigenvalue weighted by Crippen LogP contribution is -2.15. The molecule has 0 aliphatic heterocycles. The van der Waals surface area contributed by atoms with Gasteiger partial charge in [-0.05, 0) is 59.1 Å². The largest absolute Gasteiger partial charge is 0.319 e. The molecule has 1 amide bonds. The van der Waals surface area contributed by atoms with Gasteiger partial charge in [-0.15, -0.1) is 10.2 Å². The number of nitrogens with one attached hydrogen (secondary N) is 1. The first-order chi connectivity index (χ1) is 8.97. The average molecular weight is 341 g/mol. The van der Waals surface area contributed by atoms with Gasteiger partial charge in [-0.3, -0.25) is 4.79 Å². The zero-order valence-electron chi connectivity index (χ0n) is 10.4. The number of nitrogens with zero attached hydrogens (tertiary/aromatic N) is 2. The monoisotopic (exact) mass is 339 g/mol. The van der Waals surface area contributed by atoms with E-state index in [1.807, 2.05) is 26.0 Å². The van der Waals surface area contributed by atoms with Crippen LogP contribution < -0.4 is 5.32 Å². The van der Waals surface area contributed by atoms with Crippen LogP contribution in [0.15, 0.2) is 28.7 Å². The summed E-state index contributed by atoms with van der Waals surface area (Å²) in [6.45, 7) is 3.93. The van der Waals surface area contributed by atoms with Crippen LogP contribution in [0, 0.1) is 13.8 Å². The normalized spacial score (nSPS) is 10.3. The van der Waals surface area contributed by atoms with Gasteiger partial charge >= 0.3 is 0 Å². The molecule has 0 saturated heterocycles. The van der Waals surface area contributed by atoms with Crippen LogP contribution >= 0.6 is 27.5 Å². The van der Waals surface area contributed by atoms with Gasteiger partial charge in [0, 0.05) is 4.47 Å². The Hall–Kier alpha value is -1.46. The van der Waals surface area contributed by atoms with Crippen molar-refractivity contribution in [3.05, 3.63) is 50.7 Å². The molecule has 1 N–H and O–H groups in total. The Labute approximate surface area is 124 Å². The highest BCUT2D eigenvalue weighted by Crippen LogP contribution is 2.28. The average Bonchev–Trinajstić information content (AvgIpc) is 2.34. The number of aryl methyl sites for hydroxylation is 2. The number of carbonyl (C=O) groups is 1. The van der Waals surface area contributed by atoms with Crippen molar-refractivity contribution >= 4 is 39.1 Å². The molecule has 98 valence electrons. The van der Waals surface area contributed by atoms with Crippen molar-refractivity contribution in [1.29, 1.82) is 0 Å². The molecule has 19 heavy (non-hydrogen) atoms. The number of amides is 1. The molecule has 0 aliphatic rings. The predicted octanol–water partition coefficient (Wildman–Crippen LogP) is 3.76. The Morgan fingerprint density at radius 3 is 2.58 bits per heavy atom. The van der Waals surface area contributed by atoms with Crippen LogP contribution in [0.4, 0.5) is 5.69 Å². The lowest BCUT2D eigenvalue weighted by atomic mass is 10.1. The fourth-order valence-corrected chi connectivity index (χ4v) is 2.56. The summed E-state index contributed by atoms with van der Waals surface area (Å²) in [5, 5.41) is 10.4. The summed E-state index contributed by atoms with van der Waals surface area (Å²) in [5.74, 6) is -0.322. The van der Waals surface area contributed by atoms with Gasteiger partial charge < -0.3 is 5.32 Å². The van der Waals surface area contributed by atoms with Crippen LogP contribution in [0.1, 0.15) is 21.6 Å². The highest BCUT2D eigenvalue weighted by Gasteiger charge is 2.12. The molecule has 0 radical (unpaired) electrons. The van der Waals surface area contributed by atoms with Gasteiger partial charge in [0.2, 0.25) is 0 Å². The van der Waals surface area contributed by atoms with E-state index in [-0.39, 0.29) is 16.8 Å². The Kier molecular flexibility index (Phi) is 4.17. The van der Waals surface area contributed by atoms with Gasteiger partial charge in [0.15, 0.2) is 10.8 Å². The molecular weight excluding hydrogens is 330 g/mol. The maximum Gasteiger partial charge on any atom is 0.276 e. The number of halogens is 2. The second-order valence-corrected chi connectivity index (χ2v) is 5.38. The van der Waals surface area contributed by atoms with Crippen LogP contribution in [-0.4, -0.2) is 16.1 Å². The fraction of sp³-hybridized carbons (Fsp3) is 0.154. The molecule has 0 saturated carbocycles. The summed E-state index contributed by atoms with van der Waals surface area (Å²) in [5.41, 5.74) is 3.04. The number of anilines is 1. The van der Waals surface area contributed by atoms with Crippen molar-refractivity contribution in [2.24, 2.45) is 0 Å². The van der Waals surface area contributed by atoms with Crippen molar-refractivity contribution in [3.63, 3.8) is 0 Å². The Bertz CT molecular complexity index is 605. The summed E-state index contributed by atoms with van der Waals surface area (Å²) in [7, 11) is 0. The number of aromatic nitrogens is 2. The molecule has 6 heteroatoms. The summed E-state index contributed by atoms with van der Waals surface area (Å²) < 4.78 is 0.834. The van der Waals surface area contributed by atoms with Crippen molar-refractivity contribution in [2.75, 3.05) is 5.32 Å². The second kappa shape index (κ2) is 5.67. The van der Waals surface area contributed by atoms with Gasteiger partial charge in [-0.25, -0.2) is 0 Å². The van der Waals surface area contributed by atoms with E-state index in [2.05, 4.69) is 31.4 Å². The smallest absolute Gasteiger partial charge is 0.276 e. The lowest BCUT2D eigenvalue weighted by molar-refractivity contribution is 0.102. The number of rotatable bonds is 2. The first kappa shape index (κ1) is 14.0. The standard InChI is InChI=1S/C13H11BrClN3O/c1-7-5-8(2)12(9(14)6-7)16-13(19)10-3-4-11(15)18-17-10/h3-6H,1-2H3,(H,16,19). The number of benzene rings is 1. The van der Waals surface area contributed by atoms with Gasteiger partial charge in [-0.2, -0.15) is 0 Å². The van der Waals surface area contributed by atoms with Crippen LogP contribution in [-0.2, 0) is 0 Å². The molecule has 0 fully saturated rings. The van der Waals surface area contributed by atoms with Crippen molar-refractivity contribution in [3.8, 4) is 0 Å². The maximum atomic E-state index is 12.0. The van der Waals surface area contributed by atoms with Gasteiger partial charge in [0.05, 0.1) is 5.69 Å². The molecule has 0 atom stereocenters. The van der Waals surface area contributed by atoms with Gasteiger partial charge in [0.25, 0.3) is 5.91 Å². The quantitative estimate of drug-likeness (QED) is 0.905. The van der Waals surface area contributed by atoms with Gasteiger partial charge in [-0.1, -0.05) is 17.7 Å². The van der Waals surface area contributed by atoms with Gasteiger partial charge in [0.1, 0.15) is 0 Å². The minimum absolute atomic E-state index is 0.219. The number of hydrogen-bond acceptors (Lipinski definition) is 3. The first-order valence-electron chi connectivity index (χ1n) is 5.54. The van der Waals surface area contributed by atoms with Crippen LogP contribution in [0.2, 0.25) is 5.15 Å². The highest BCUT2D eigenvalue weighted by atomic mass is 79.9. The molecule has 0 spiro atoms. The Morgan fingerprint density at radius 2 is 2.00 bits per heavy atom. The van der Waals surface area contributed by atoms with Crippen molar-refractivity contribution < 1.29 is 4.79 Å². The predicted molar refractivity (Wildman–Crippen MR) is 78.6 cm³/mol. The zero-order chi connectivity index (χ0) is 14.0. The third-order valence-corrected chi connectivity index (χ3v) is 3.36. The molecule has 1 aromatic carbocycles. The van der Waals surface area contributed by atoms with E-state index in [1.165, 1.54) is 12.1 Å². The van der Waals surface area contributed by atoms with E-state index in [9.17, 15) is 4.79 Å². The maximum absolute atomic E-state index is 12.0. The van der Waals surface area contributed by atoms with Crippen LogP contribution in [0.3, 0.4) is 0 Å². The molecule has 4 nitrogen and oxygen atoms in total. The molecule has 1 heterocycles.